The van der Waals surface area contributed by atoms with Gasteiger partial charge >= 0.3 is 0 Å². The summed E-state index contributed by atoms with van der Waals surface area (Å²) in [5.41, 5.74) is 4.15. The number of allylic oxidation sites excluding steroid dienone is 2. The second kappa shape index (κ2) is 8.83. The van der Waals surface area contributed by atoms with Gasteiger partial charge in [0.15, 0.2) is 0 Å². The third-order valence-corrected chi connectivity index (χ3v) is 11.4. The zero-order valence-electron chi connectivity index (χ0n) is 14.1. The van der Waals surface area contributed by atoms with Gasteiger partial charge in [0.2, 0.25) is 0 Å². The Bertz CT molecular complexity index is 317. The summed E-state index contributed by atoms with van der Waals surface area (Å²) in [4.78, 5) is 0. The fraction of sp³-hybridized carbons (Fsp3) is 0.750. The largest absolute Gasteiger partial charge is 0.0947 e. The molecule has 0 amide bonds. The molecule has 0 unspecified atom stereocenters. The van der Waals surface area contributed by atoms with Crippen LogP contribution < -0.4 is 0 Å². The zero-order chi connectivity index (χ0) is 15.1. The van der Waals surface area contributed by atoms with Gasteiger partial charge in [0, 0.05) is 0 Å². The molecule has 19 heavy (non-hydrogen) atoms. The molecule has 0 aliphatic heterocycles. The number of rotatable bonds is 8. The Labute approximate surface area is 137 Å². The molecule has 0 spiro atoms. The van der Waals surface area contributed by atoms with Crippen LogP contribution >= 0.6 is 22.6 Å². The van der Waals surface area contributed by atoms with E-state index in [1.165, 1.54) is 32.1 Å². The molecule has 0 radical (unpaired) electrons. The minimum atomic E-state index is -1.16. The van der Waals surface area contributed by atoms with Gasteiger partial charge in [-0.1, -0.05) is 99.8 Å². The molecule has 0 saturated heterocycles. The van der Waals surface area contributed by atoms with Crippen LogP contribution in [-0.2, 0) is 0 Å². The van der Waals surface area contributed by atoms with Crippen LogP contribution in [0.25, 0.3) is 0 Å². The van der Waals surface area contributed by atoms with Crippen LogP contribution in [0.5, 0.6) is 0 Å². The molecule has 0 N–H and O–H groups in total. The number of hydrogen-bond acceptors (Lipinski definition) is 0. The van der Waals surface area contributed by atoms with Gasteiger partial charge in [-0.05, 0) is 21.6 Å². The lowest BCUT2D eigenvalue weighted by molar-refractivity contribution is 0.668. The van der Waals surface area contributed by atoms with Gasteiger partial charge in [0.25, 0.3) is 0 Å². The van der Waals surface area contributed by atoms with Crippen LogP contribution in [0.4, 0.5) is 0 Å². The Hall–Kier alpha value is 0.644. The van der Waals surface area contributed by atoms with Crippen molar-refractivity contribution in [2.24, 2.45) is 0 Å². The first-order chi connectivity index (χ1) is 8.58. The maximum Gasteiger partial charge on any atom is 0.0858 e. The first-order valence-electron chi connectivity index (χ1n) is 7.66. The van der Waals surface area contributed by atoms with Gasteiger partial charge < -0.3 is 0 Å². The van der Waals surface area contributed by atoms with Crippen molar-refractivity contribution in [3.8, 4) is 0 Å². The van der Waals surface area contributed by atoms with Gasteiger partial charge in [-0.15, -0.1) is 0 Å². The standard InChI is InChI=1S/C16H33ISi2/c1-8-9-10-11-12-15(13-14-18(2,3)4)16(17)19(5,6)7/h13-14H,8-12H2,1-7H3/b14-13+,16-15-. The second-order valence-corrected chi connectivity index (χ2v) is 19.8. The molecule has 0 aromatic rings. The smallest absolute Gasteiger partial charge is 0.0858 e. The summed E-state index contributed by atoms with van der Waals surface area (Å²) in [5.74, 6) is 0. The Balaban J connectivity index is 4.90. The minimum absolute atomic E-state index is 1.08. The summed E-state index contributed by atoms with van der Waals surface area (Å²) in [6, 6.07) is 0. The first kappa shape index (κ1) is 19.6. The van der Waals surface area contributed by atoms with Gasteiger partial charge in [0.05, 0.1) is 16.1 Å². The fourth-order valence-corrected chi connectivity index (χ4v) is 4.16. The van der Waals surface area contributed by atoms with Crippen molar-refractivity contribution < 1.29 is 0 Å². The van der Waals surface area contributed by atoms with Gasteiger partial charge in [-0.25, -0.2) is 0 Å². The predicted octanol–water partition coefficient (Wildman–Crippen LogP) is 6.96. The lowest BCUT2D eigenvalue weighted by Crippen LogP contribution is -2.22. The average Bonchev–Trinajstić information content (AvgIpc) is 2.24. The van der Waals surface area contributed by atoms with Crippen LogP contribution in [0.3, 0.4) is 0 Å². The lowest BCUT2D eigenvalue weighted by Gasteiger charge is -2.20. The first-order valence-corrected chi connectivity index (χ1v) is 15.8. The zero-order valence-corrected chi connectivity index (χ0v) is 18.2. The predicted molar refractivity (Wildman–Crippen MR) is 106 cm³/mol. The molecule has 0 heterocycles. The summed E-state index contributed by atoms with van der Waals surface area (Å²) in [6.45, 7) is 16.9. The highest BCUT2D eigenvalue weighted by Gasteiger charge is 2.20. The van der Waals surface area contributed by atoms with Crippen molar-refractivity contribution in [2.75, 3.05) is 0 Å². The van der Waals surface area contributed by atoms with Gasteiger partial charge in [-0.2, -0.15) is 0 Å². The number of unbranched alkanes of at least 4 members (excludes halogenated alkanes) is 3. The molecule has 0 bridgehead atoms. The summed E-state index contributed by atoms with van der Waals surface area (Å²) < 4.78 is 1.68. The Morgan fingerprint density at radius 2 is 1.53 bits per heavy atom. The molecular formula is C16H33ISi2. The molecule has 0 nitrogen and oxygen atoms in total. The molecule has 0 aromatic carbocycles. The average molecular weight is 409 g/mol. The van der Waals surface area contributed by atoms with Crippen molar-refractivity contribution in [1.82, 2.24) is 0 Å². The Kier molecular flexibility index (Phi) is 9.12. The molecule has 0 fully saturated rings. The van der Waals surface area contributed by atoms with E-state index in [-0.39, 0.29) is 0 Å². The van der Waals surface area contributed by atoms with Gasteiger partial charge in [-0.3, -0.25) is 0 Å². The molecule has 0 rings (SSSR count). The van der Waals surface area contributed by atoms with Crippen LogP contribution in [-0.4, -0.2) is 16.1 Å². The highest BCUT2D eigenvalue weighted by molar-refractivity contribution is 14.1. The molecule has 0 aliphatic carbocycles. The van der Waals surface area contributed by atoms with Crippen molar-refractivity contribution in [1.29, 1.82) is 0 Å². The van der Waals surface area contributed by atoms with Crippen molar-refractivity contribution in [3.63, 3.8) is 0 Å². The third kappa shape index (κ3) is 10.1. The molecule has 0 aliphatic rings. The Morgan fingerprint density at radius 1 is 0.947 bits per heavy atom. The van der Waals surface area contributed by atoms with Crippen molar-refractivity contribution in [2.45, 2.75) is 78.3 Å². The molecule has 112 valence electrons. The highest BCUT2D eigenvalue weighted by atomic mass is 127. The normalized spacial score (nSPS) is 14.9. The van der Waals surface area contributed by atoms with Crippen LogP contribution in [0.15, 0.2) is 20.6 Å². The van der Waals surface area contributed by atoms with E-state index in [4.69, 9.17) is 0 Å². The molecule has 0 atom stereocenters. The number of halogens is 1. The summed E-state index contributed by atoms with van der Waals surface area (Å²) >= 11 is 2.63. The molecule has 3 heteroatoms. The minimum Gasteiger partial charge on any atom is -0.0947 e. The van der Waals surface area contributed by atoms with Crippen LogP contribution in [0.1, 0.15) is 39.0 Å². The van der Waals surface area contributed by atoms with Crippen molar-refractivity contribution >= 4 is 38.7 Å². The molecule has 0 aromatic heterocycles. The third-order valence-electron chi connectivity index (χ3n) is 3.02. The fourth-order valence-electron chi connectivity index (χ4n) is 1.84. The van der Waals surface area contributed by atoms with Gasteiger partial charge in [0.1, 0.15) is 0 Å². The lowest BCUT2D eigenvalue weighted by atomic mass is 10.1. The van der Waals surface area contributed by atoms with E-state index in [0.29, 0.717) is 0 Å². The highest BCUT2D eigenvalue weighted by Crippen LogP contribution is 2.29. The maximum absolute atomic E-state index is 2.63. The monoisotopic (exact) mass is 408 g/mol. The van der Waals surface area contributed by atoms with Crippen molar-refractivity contribution in [3.05, 3.63) is 20.6 Å². The van der Waals surface area contributed by atoms with E-state index in [0.717, 1.165) is 0 Å². The van der Waals surface area contributed by atoms with E-state index in [9.17, 15) is 0 Å². The maximum atomic E-state index is 2.63. The summed E-state index contributed by atoms with van der Waals surface area (Å²) in [7, 11) is -2.24. The van der Waals surface area contributed by atoms with Crippen LogP contribution in [0, 0.1) is 0 Å². The van der Waals surface area contributed by atoms with E-state index >= 15 is 0 Å². The molecule has 0 saturated carbocycles. The van der Waals surface area contributed by atoms with E-state index in [1.54, 1.807) is 8.78 Å². The second-order valence-electron chi connectivity index (χ2n) is 7.60. The molecular weight excluding hydrogens is 375 g/mol. The quantitative estimate of drug-likeness (QED) is 0.176. The van der Waals surface area contributed by atoms with E-state index in [1.807, 2.05) is 0 Å². The Morgan fingerprint density at radius 3 is 1.95 bits per heavy atom. The van der Waals surface area contributed by atoms with E-state index in [2.05, 4.69) is 80.6 Å². The van der Waals surface area contributed by atoms with Crippen LogP contribution in [0.2, 0.25) is 39.3 Å². The summed E-state index contributed by atoms with van der Waals surface area (Å²) in [6.07, 6.45) is 9.21. The SMILES string of the molecule is CCCCCCC(/C=C/[Si](C)(C)C)=C(\I)[Si](C)(C)C. The number of hydrogen-bond donors (Lipinski definition) is 0. The summed E-state index contributed by atoms with van der Waals surface area (Å²) in [5, 5.41) is 0. The topological polar surface area (TPSA) is 0 Å². The van der Waals surface area contributed by atoms with E-state index < -0.39 is 16.1 Å².